The Morgan fingerprint density at radius 2 is 1.71 bits per heavy atom. The SMILES string of the molecule is Cn1nc(C(=O)Nc2nc3ccc(Oc4ccccc4)cc3s2)c2ccccc2c1=O. The number of amides is 1. The van der Waals surface area contributed by atoms with Gasteiger partial charge in [-0.2, -0.15) is 5.10 Å². The molecule has 0 saturated heterocycles. The molecule has 31 heavy (non-hydrogen) atoms. The van der Waals surface area contributed by atoms with Crippen molar-refractivity contribution in [2.75, 3.05) is 5.32 Å². The zero-order chi connectivity index (χ0) is 21.4. The van der Waals surface area contributed by atoms with Crippen molar-refractivity contribution in [3.05, 3.63) is 88.8 Å². The number of para-hydroxylation sites is 1. The Bertz CT molecular complexity index is 1490. The van der Waals surface area contributed by atoms with Crippen LogP contribution in [0, 0.1) is 0 Å². The van der Waals surface area contributed by atoms with Crippen molar-refractivity contribution >= 4 is 43.4 Å². The summed E-state index contributed by atoms with van der Waals surface area (Å²) in [6, 6.07) is 22.0. The summed E-state index contributed by atoms with van der Waals surface area (Å²) in [5.41, 5.74) is 0.669. The average Bonchev–Trinajstić information content (AvgIpc) is 3.18. The first kappa shape index (κ1) is 19.0. The molecule has 1 N–H and O–H groups in total. The number of carbonyl (C=O) groups excluding carboxylic acids is 1. The van der Waals surface area contributed by atoms with E-state index in [0.717, 1.165) is 16.0 Å². The number of hydrogen-bond acceptors (Lipinski definition) is 6. The summed E-state index contributed by atoms with van der Waals surface area (Å²) in [5.74, 6) is 1.00. The molecule has 0 aliphatic heterocycles. The highest BCUT2D eigenvalue weighted by molar-refractivity contribution is 7.22. The fraction of sp³-hybridized carbons (Fsp3) is 0.0435. The second-order valence-electron chi connectivity index (χ2n) is 6.84. The van der Waals surface area contributed by atoms with Gasteiger partial charge in [0.25, 0.3) is 11.5 Å². The van der Waals surface area contributed by atoms with Crippen LogP contribution in [0.3, 0.4) is 0 Å². The Labute approximate surface area is 180 Å². The summed E-state index contributed by atoms with van der Waals surface area (Å²) in [4.78, 5) is 29.7. The molecule has 2 aromatic heterocycles. The number of anilines is 1. The molecule has 5 aromatic rings. The monoisotopic (exact) mass is 428 g/mol. The molecule has 0 radical (unpaired) electrons. The van der Waals surface area contributed by atoms with Gasteiger partial charge >= 0.3 is 0 Å². The van der Waals surface area contributed by atoms with Gasteiger partial charge in [0.15, 0.2) is 10.8 Å². The van der Waals surface area contributed by atoms with Gasteiger partial charge < -0.3 is 4.74 Å². The smallest absolute Gasteiger partial charge is 0.278 e. The van der Waals surface area contributed by atoms with Crippen molar-refractivity contribution in [2.24, 2.45) is 7.05 Å². The molecular formula is C23H16N4O3S. The van der Waals surface area contributed by atoms with Crippen LogP contribution >= 0.6 is 11.3 Å². The molecule has 152 valence electrons. The maximum absolute atomic E-state index is 12.9. The van der Waals surface area contributed by atoms with Gasteiger partial charge in [0.1, 0.15) is 11.5 Å². The van der Waals surface area contributed by atoms with E-state index in [0.29, 0.717) is 21.7 Å². The molecule has 0 saturated carbocycles. The molecule has 0 spiro atoms. The summed E-state index contributed by atoms with van der Waals surface area (Å²) >= 11 is 1.34. The predicted molar refractivity (Wildman–Crippen MR) is 121 cm³/mol. The third kappa shape index (κ3) is 3.64. The number of nitrogens with zero attached hydrogens (tertiary/aromatic N) is 3. The van der Waals surface area contributed by atoms with Gasteiger partial charge in [-0.25, -0.2) is 9.67 Å². The number of ether oxygens (including phenoxy) is 1. The van der Waals surface area contributed by atoms with Crippen LogP contribution in [0.2, 0.25) is 0 Å². The van der Waals surface area contributed by atoms with Crippen molar-refractivity contribution in [2.45, 2.75) is 0 Å². The summed E-state index contributed by atoms with van der Waals surface area (Å²) in [6.45, 7) is 0. The Kier molecular flexibility index (Phi) is 4.68. The molecule has 0 bridgehead atoms. The summed E-state index contributed by atoms with van der Waals surface area (Å²) in [6.07, 6.45) is 0. The number of benzene rings is 3. The minimum absolute atomic E-state index is 0.171. The molecule has 3 aromatic carbocycles. The highest BCUT2D eigenvalue weighted by Gasteiger charge is 2.17. The standard InChI is InChI=1S/C23H16N4O3S/c1-27-22(29)17-10-6-5-9-16(17)20(26-27)21(28)25-23-24-18-12-11-15(13-19(18)31-23)30-14-7-3-2-4-8-14/h2-13H,1H3,(H,24,25,28). The minimum atomic E-state index is -0.424. The first-order valence-corrected chi connectivity index (χ1v) is 10.3. The van der Waals surface area contributed by atoms with Gasteiger partial charge in [0.05, 0.1) is 15.6 Å². The highest BCUT2D eigenvalue weighted by atomic mass is 32.1. The van der Waals surface area contributed by atoms with Crippen molar-refractivity contribution in [1.82, 2.24) is 14.8 Å². The molecule has 2 heterocycles. The van der Waals surface area contributed by atoms with Gasteiger partial charge in [-0.05, 0) is 30.3 Å². The van der Waals surface area contributed by atoms with Crippen LogP contribution in [-0.2, 0) is 7.05 Å². The topological polar surface area (TPSA) is 86.1 Å². The van der Waals surface area contributed by atoms with Gasteiger partial charge in [0, 0.05) is 18.5 Å². The van der Waals surface area contributed by atoms with Crippen molar-refractivity contribution in [1.29, 1.82) is 0 Å². The Morgan fingerprint density at radius 3 is 2.52 bits per heavy atom. The molecule has 0 aliphatic rings. The summed E-state index contributed by atoms with van der Waals surface area (Å²) in [7, 11) is 1.53. The van der Waals surface area contributed by atoms with E-state index in [2.05, 4.69) is 15.4 Å². The lowest BCUT2D eigenvalue weighted by Crippen LogP contribution is -2.25. The maximum atomic E-state index is 12.9. The molecule has 0 unspecified atom stereocenters. The fourth-order valence-electron chi connectivity index (χ4n) is 3.27. The summed E-state index contributed by atoms with van der Waals surface area (Å²) in [5, 5.41) is 8.35. The number of thiazole rings is 1. The molecule has 8 heteroatoms. The van der Waals surface area contributed by atoms with Crippen LogP contribution in [0.15, 0.2) is 77.6 Å². The molecule has 1 amide bonds. The highest BCUT2D eigenvalue weighted by Crippen LogP contribution is 2.31. The first-order chi connectivity index (χ1) is 15.1. The lowest BCUT2D eigenvalue weighted by Gasteiger charge is -2.07. The van der Waals surface area contributed by atoms with Crippen molar-refractivity contribution in [3.63, 3.8) is 0 Å². The van der Waals surface area contributed by atoms with Crippen molar-refractivity contribution in [3.8, 4) is 11.5 Å². The summed E-state index contributed by atoms with van der Waals surface area (Å²) < 4.78 is 7.91. The van der Waals surface area contributed by atoms with E-state index >= 15 is 0 Å². The second-order valence-corrected chi connectivity index (χ2v) is 7.87. The Balaban J connectivity index is 1.44. The van der Waals surface area contributed by atoms with E-state index in [4.69, 9.17) is 4.74 Å². The van der Waals surface area contributed by atoms with Crippen LogP contribution in [0.5, 0.6) is 11.5 Å². The van der Waals surface area contributed by atoms with Crippen LogP contribution < -0.4 is 15.6 Å². The van der Waals surface area contributed by atoms with Crippen LogP contribution in [-0.4, -0.2) is 20.7 Å². The van der Waals surface area contributed by atoms with Crippen LogP contribution in [0.4, 0.5) is 5.13 Å². The first-order valence-electron chi connectivity index (χ1n) is 9.49. The third-order valence-electron chi connectivity index (χ3n) is 4.73. The van der Waals surface area contributed by atoms with Crippen LogP contribution in [0.1, 0.15) is 10.5 Å². The lowest BCUT2D eigenvalue weighted by atomic mass is 10.1. The number of carbonyl (C=O) groups is 1. The van der Waals surface area contributed by atoms with Gasteiger partial charge in [-0.1, -0.05) is 47.7 Å². The lowest BCUT2D eigenvalue weighted by molar-refractivity contribution is 0.102. The van der Waals surface area contributed by atoms with Crippen LogP contribution in [0.25, 0.3) is 21.0 Å². The normalized spacial score (nSPS) is 11.0. The van der Waals surface area contributed by atoms with E-state index in [9.17, 15) is 9.59 Å². The molecular weight excluding hydrogens is 412 g/mol. The predicted octanol–water partition coefficient (Wildman–Crippen LogP) is 4.59. The van der Waals surface area contributed by atoms with E-state index in [1.165, 1.54) is 23.1 Å². The second kappa shape index (κ2) is 7.66. The Hall–Kier alpha value is -4.04. The van der Waals surface area contributed by atoms with E-state index in [1.54, 1.807) is 24.3 Å². The number of fused-ring (bicyclic) bond motifs is 2. The van der Waals surface area contributed by atoms with Crippen molar-refractivity contribution < 1.29 is 9.53 Å². The molecule has 0 atom stereocenters. The number of hydrogen-bond donors (Lipinski definition) is 1. The van der Waals surface area contributed by atoms with Gasteiger partial charge in [0.2, 0.25) is 0 Å². The van der Waals surface area contributed by atoms with E-state index in [1.807, 2.05) is 48.5 Å². The zero-order valence-electron chi connectivity index (χ0n) is 16.4. The fourth-order valence-corrected chi connectivity index (χ4v) is 4.16. The van der Waals surface area contributed by atoms with E-state index in [-0.39, 0.29) is 11.3 Å². The number of aromatic nitrogens is 3. The van der Waals surface area contributed by atoms with Gasteiger partial charge in [-0.3, -0.25) is 14.9 Å². The molecule has 5 rings (SSSR count). The average molecular weight is 428 g/mol. The molecule has 7 nitrogen and oxygen atoms in total. The van der Waals surface area contributed by atoms with E-state index < -0.39 is 5.91 Å². The molecule has 0 aliphatic carbocycles. The number of rotatable bonds is 4. The largest absolute Gasteiger partial charge is 0.457 e. The quantitative estimate of drug-likeness (QED) is 0.453. The maximum Gasteiger partial charge on any atom is 0.278 e. The third-order valence-corrected chi connectivity index (χ3v) is 5.66. The Morgan fingerprint density at radius 1 is 0.968 bits per heavy atom. The zero-order valence-corrected chi connectivity index (χ0v) is 17.2. The number of aryl methyl sites for hydroxylation is 1. The number of nitrogens with one attached hydrogen (secondary N) is 1. The minimum Gasteiger partial charge on any atom is -0.457 e. The molecule has 0 fully saturated rings. The van der Waals surface area contributed by atoms with Gasteiger partial charge in [-0.15, -0.1) is 0 Å².